The van der Waals surface area contributed by atoms with Crippen molar-refractivity contribution in [2.45, 2.75) is 31.8 Å². The number of likely N-dealkylation sites (tertiary alicyclic amines) is 1. The maximum absolute atomic E-state index is 5.10. The number of guanidine groups is 1. The van der Waals surface area contributed by atoms with Gasteiger partial charge in [-0.1, -0.05) is 30.3 Å². The summed E-state index contributed by atoms with van der Waals surface area (Å²) in [5.41, 5.74) is 1.39. The summed E-state index contributed by atoms with van der Waals surface area (Å²) in [6.45, 7) is 6.91. The Morgan fingerprint density at radius 2 is 2.07 bits per heavy atom. The number of nitrogens with one attached hydrogen (secondary N) is 2. The second-order valence-corrected chi connectivity index (χ2v) is 7.28. The van der Waals surface area contributed by atoms with Gasteiger partial charge in [0.05, 0.1) is 0 Å². The zero-order valence-corrected chi connectivity index (χ0v) is 17.3. The van der Waals surface area contributed by atoms with Gasteiger partial charge in [0.2, 0.25) is 0 Å². The van der Waals surface area contributed by atoms with Gasteiger partial charge in [0, 0.05) is 59.5 Å². The van der Waals surface area contributed by atoms with E-state index in [4.69, 9.17) is 4.74 Å². The Morgan fingerprint density at radius 3 is 2.81 bits per heavy atom. The van der Waals surface area contributed by atoms with Crippen LogP contribution >= 0.6 is 0 Å². The van der Waals surface area contributed by atoms with E-state index in [2.05, 4.69) is 62.8 Å². The van der Waals surface area contributed by atoms with Crippen LogP contribution in [-0.4, -0.2) is 82.3 Å². The minimum atomic E-state index is 0.570. The predicted octanol–water partition coefficient (Wildman–Crippen LogP) is 1.78. The lowest BCUT2D eigenvalue weighted by atomic mass is 10.2. The number of rotatable bonds is 11. The van der Waals surface area contributed by atoms with Crippen molar-refractivity contribution in [3.05, 3.63) is 35.9 Å². The smallest absolute Gasteiger partial charge is 0.191 e. The Balaban J connectivity index is 1.67. The van der Waals surface area contributed by atoms with Crippen LogP contribution in [0.3, 0.4) is 0 Å². The molecule has 1 aliphatic heterocycles. The normalized spacial score (nSPS) is 18.2. The number of benzene rings is 1. The summed E-state index contributed by atoms with van der Waals surface area (Å²) in [7, 11) is 5.74. The fourth-order valence-electron chi connectivity index (χ4n) is 3.54. The van der Waals surface area contributed by atoms with E-state index in [1.807, 2.05) is 7.05 Å². The third-order valence-electron chi connectivity index (χ3n) is 5.13. The molecule has 0 aliphatic carbocycles. The van der Waals surface area contributed by atoms with Crippen LogP contribution in [0.1, 0.15) is 24.8 Å². The molecule has 1 fully saturated rings. The highest BCUT2D eigenvalue weighted by Gasteiger charge is 2.24. The van der Waals surface area contributed by atoms with E-state index in [1.54, 1.807) is 7.11 Å². The van der Waals surface area contributed by atoms with Crippen LogP contribution in [-0.2, 0) is 11.3 Å². The minimum absolute atomic E-state index is 0.570. The largest absolute Gasteiger partial charge is 0.385 e. The van der Waals surface area contributed by atoms with Gasteiger partial charge in [-0.2, -0.15) is 0 Å². The second kappa shape index (κ2) is 12.7. The van der Waals surface area contributed by atoms with Gasteiger partial charge in [-0.15, -0.1) is 0 Å². The van der Waals surface area contributed by atoms with Crippen molar-refractivity contribution in [2.24, 2.45) is 4.99 Å². The summed E-state index contributed by atoms with van der Waals surface area (Å²) < 4.78 is 5.10. The van der Waals surface area contributed by atoms with Crippen molar-refractivity contribution < 1.29 is 4.74 Å². The number of methoxy groups -OCH3 is 1. The van der Waals surface area contributed by atoms with E-state index in [0.29, 0.717) is 6.04 Å². The monoisotopic (exact) mass is 375 g/mol. The van der Waals surface area contributed by atoms with Gasteiger partial charge in [0.25, 0.3) is 0 Å². The van der Waals surface area contributed by atoms with E-state index in [1.165, 1.54) is 24.9 Å². The summed E-state index contributed by atoms with van der Waals surface area (Å²) in [5.74, 6) is 0.895. The molecule has 0 amide bonds. The zero-order valence-electron chi connectivity index (χ0n) is 17.3. The lowest BCUT2D eigenvalue weighted by molar-refractivity contribution is 0.180. The van der Waals surface area contributed by atoms with Gasteiger partial charge in [-0.25, -0.2) is 0 Å². The molecule has 6 nitrogen and oxygen atoms in total. The van der Waals surface area contributed by atoms with Crippen LogP contribution in [0, 0.1) is 0 Å². The van der Waals surface area contributed by atoms with E-state index in [-0.39, 0.29) is 0 Å². The summed E-state index contributed by atoms with van der Waals surface area (Å²) in [4.78, 5) is 9.27. The number of ether oxygens (including phenoxy) is 1. The summed E-state index contributed by atoms with van der Waals surface area (Å²) >= 11 is 0. The molecule has 1 heterocycles. The first-order valence-electron chi connectivity index (χ1n) is 10.1. The van der Waals surface area contributed by atoms with Gasteiger partial charge < -0.3 is 20.3 Å². The van der Waals surface area contributed by atoms with Gasteiger partial charge in [-0.3, -0.25) is 9.89 Å². The van der Waals surface area contributed by atoms with Crippen molar-refractivity contribution in [1.82, 2.24) is 20.4 Å². The molecular weight excluding hydrogens is 338 g/mol. The molecule has 1 aromatic carbocycles. The van der Waals surface area contributed by atoms with Crippen LogP contribution < -0.4 is 10.6 Å². The molecule has 1 saturated heterocycles. The van der Waals surface area contributed by atoms with E-state index in [0.717, 1.165) is 51.7 Å². The Bertz CT molecular complexity index is 537. The van der Waals surface area contributed by atoms with Crippen LogP contribution in [0.5, 0.6) is 0 Å². The number of hydrogen-bond donors (Lipinski definition) is 2. The van der Waals surface area contributed by atoms with Crippen LogP contribution in [0.25, 0.3) is 0 Å². The van der Waals surface area contributed by atoms with Crippen LogP contribution in [0.2, 0.25) is 0 Å². The molecule has 1 unspecified atom stereocenters. The number of aliphatic imine (C=N–C) groups is 1. The first kappa shape index (κ1) is 21.7. The van der Waals surface area contributed by atoms with Crippen molar-refractivity contribution in [1.29, 1.82) is 0 Å². The molecule has 0 bridgehead atoms. The molecule has 6 heteroatoms. The molecule has 0 radical (unpaired) electrons. The van der Waals surface area contributed by atoms with E-state index in [9.17, 15) is 0 Å². The molecule has 0 saturated carbocycles. The third kappa shape index (κ3) is 8.28. The Hall–Kier alpha value is -1.63. The molecule has 1 atom stereocenters. The molecule has 27 heavy (non-hydrogen) atoms. The van der Waals surface area contributed by atoms with Crippen molar-refractivity contribution in [3.8, 4) is 0 Å². The SMILES string of the molecule is CN=C(NCCN(C)CCCOC)NCC1CCCN1Cc1ccccc1. The average Bonchev–Trinajstić information content (AvgIpc) is 3.12. The zero-order chi connectivity index (χ0) is 19.3. The van der Waals surface area contributed by atoms with Gasteiger partial charge >= 0.3 is 0 Å². The molecule has 0 spiro atoms. The molecule has 2 N–H and O–H groups in total. The molecule has 152 valence electrons. The van der Waals surface area contributed by atoms with Gasteiger partial charge in [0.15, 0.2) is 5.96 Å². The van der Waals surface area contributed by atoms with Crippen LogP contribution in [0.15, 0.2) is 35.3 Å². The lowest BCUT2D eigenvalue weighted by Gasteiger charge is -2.26. The first-order valence-corrected chi connectivity index (χ1v) is 10.1. The molecule has 1 aromatic rings. The lowest BCUT2D eigenvalue weighted by Crippen LogP contribution is -2.46. The predicted molar refractivity (Wildman–Crippen MR) is 113 cm³/mol. The number of nitrogens with zero attached hydrogens (tertiary/aromatic N) is 3. The highest BCUT2D eigenvalue weighted by molar-refractivity contribution is 5.79. The quantitative estimate of drug-likeness (QED) is 0.351. The maximum Gasteiger partial charge on any atom is 0.191 e. The topological polar surface area (TPSA) is 52.1 Å². The first-order chi connectivity index (χ1) is 13.2. The standard InChI is InChI=1S/C21H37N5O/c1-22-21(23-12-15-25(2)13-8-16-27-3)24-17-20-11-7-14-26(20)18-19-9-5-4-6-10-19/h4-6,9-10,20H,7-8,11-18H2,1-3H3,(H2,22,23,24). The number of hydrogen-bond acceptors (Lipinski definition) is 4. The Kier molecular flexibility index (Phi) is 10.2. The Morgan fingerprint density at radius 1 is 1.26 bits per heavy atom. The second-order valence-electron chi connectivity index (χ2n) is 7.28. The van der Waals surface area contributed by atoms with E-state index < -0.39 is 0 Å². The average molecular weight is 376 g/mol. The van der Waals surface area contributed by atoms with Crippen molar-refractivity contribution in [3.63, 3.8) is 0 Å². The summed E-state index contributed by atoms with van der Waals surface area (Å²) in [6, 6.07) is 11.3. The van der Waals surface area contributed by atoms with Gasteiger partial charge in [0.1, 0.15) is 0 Å². The molecule has 0 aromatic heterocycles. The van der Waals surface area contributed by atoms with E-state index >= 15 is 0 Å². The Labute approximate surface area is 165 Å². The summed E-state index contributed by atoms with van der Waals surface area (Å²) in [5, 5.41) is 6.94. The maximum atomic E-state index is 5.10. The highest BCUT2D eigenvalue weighted by Crippen LogP contribution is 2.19. The third-order valence-corrected chi connectivity index (χ3v) is 5.13. The molecular formula is C21H37N5O. The molecule has 2 rings (SSSR count). The fourth-order valence-corrected chi connectivity index (χ4v) is 3.54. The highest BCUT2D eigenvalue weighted by atomic mass is 16.5. The fraction of sp³-hybridized carbons (Fsp3) is 0.667. The van der Waals surface area contributed by atoms with Crippen molar-refractivity contribution in [2.75, 3.05) is 60.5 Å². The number of likely N-dealkylation sites (N-methyl/N-ethyl adjacent to an activating group) is 1. The summed E-state index contributed by atoms with van der Waals surface area (Å²) in [6.07, 6.45) is 3.59. The van der Waals surface area contributed by atoms with Crippen molar-refractivity contribution >= 4 is 5.96 Å². The van der Waals surface area contributed by atoms with Gasteiger partial charge in [-0.05, 0) is 38.4 Å². The minimum Gasteiger partial charge on any atom is -0.385 e. The van der Waals surface area contributed by atoms with Crippen LogP contribution in [0.4, 0.5) is 0 Å². The molecule has 1 aliphatic rings.